The summed E-state index contributed by atoms with van der Waals surface area (Å²) < 4.78 is 3.44. The maximum atomic E-state index is 10.1. The van der Waals surface area contributed by atoms with Gasteiger partial charge in [-0.1, -0.05) is 0 Å². The molecule has 0 saturated heterocycles. The van der Waals surface area contributed by atoms with Crippen molar-refractivity contribution in [3.63, 3.8) is 0 Å². The Morgan fingerprint density at radius 1 is 1.44 bits per heavy atom. The molecular formula is C10H15N5O. The number of nitrogens with zero attached hydrogens (tertiary/aromatic N) is 5. The number of aliphatic hydroxyl groups excluding tert-OH is 1. The summed E-state index contributed by atoms with van der Waals surface area (Å²) >= 11 is 0. The van der Waals surface area contributed by atoms with Crippen LogP contribution in [0.15, 0.2) is 18.6 Å². The Morgan fingerprint density at radius 2 is 2.25 bits per heavy atom. The third-order valence-corrected chi connectivity index (χ3v) is 2.57. The quantitative estimate of drug-likeness (QED) is 0.806. The Labute approximate surface area is 93.5 Å². The highest BCUT2D eigenvalue weighted by atomic mass is 16.3. The zero-order valence-electron chi connectivity index (χ0n) is 9.41. The lowest BCUT2D eigenvalue weighted by Crippen LogP contribution is -2.12. The molecule has 0 aliphatic rings. The number of rotatable bonds is 4. The molecule has 0 aliphatic carbocycles. The van der Waals surface area contributed by atoms with Crippen LogP contribution in [0.2, 0.25) is 0 Å². The van der Waals surface area contributed by atoms with Gasteiger partial charge in [0.1, 0.15) is 18.3 Å². The minimum atomic E-state index is -0.592. The van der Waals surface area contributed by atoms with Crippen molar-refractivity contribution in [1.82, 2.24) is 24.5 Å². The monoisotopic (exact) mass is 221 g/mol. The second-order valence-corrected chi connectivity index (χ2v) is 3.59. The number of hydrogen-bond donors (Lipinski definition) is 1. The van der Waals surface area contributed by atoms with Gasteiger partial charge in [-0.05, 0) is 13.0 Å². The highest BCUT2D eigenvalue weighted by molar-refractivity contribution is 5.07. The van der Waals surface area contributed by atoms with Crippen LogP contribution in [0, 0.1) is 0 Å². The molecule has 0 spiro atoms. The van der Waals surface area contributed by atoms with Gasteiger partial charge < -0.3 is 5.11 Å². The van der Waals surface area contributed by atoms with Crippen molar-refractivity contribution in [3.8, 4) is 0 Å². The van der Waals surface area contributed by atoms with E-state index in [9.17, 15) is 5.11 Å². The minimum absolute atomic E-state index is 0.447. The van der Waals surface area contributed by atoms with Crippen molar-refractivity contribution < 1.29 is 5.11 Å². The molecule has 2 heterocycles. The highest BCUT2D eigenvalue weighted by Crippen LogP contribution is 2.16. The van der Waals surface area contributed by atoms with Crippen LogP contribution in [0.3, 0.4) is 0 Å². The third-order valence-electron chi connectivity index (χ3n) is 2.57. The summed E-state index contributed by atoms with van der Waals surface area (Å²) in [5, 5.41) is 18.2. The predicted molar refractivity (Wildman–Crippen MR) is 57.6 cm³/mol. The second-order valence-electron chi connectivity index (χ2n) is 3.59. The van der Waals surface area contributed by atoms with Crippen molar-refractivity contribution >= 4 is 0 Å². The zero-order valence-corrected chi connectivity index (χ0v) is 9.41. The van der Waals surface area contributed by atoms with E-state index in [2.05, 4.69) is 15.2 Å². The summed E-state index contributed by atoms with van der Waals surface area (Å²) in [6, 6.07) is 1.82. The van der Waals surface area contributed by atoms with Gasteiger partial charge in [0.25, 0.3) is 0 Å². The Hall–Kier alpha value is -1.69. The number of aliphatic hydroxyl groups is 1. The van der Waals surface area contributed by atoms with Gasteiger partial charge in [0.15, 0.2) is 0 Å². The summed E-state index contributed by atoms with van der Waals surface area (Å²) in [4.78, 5) is 4.08. The zero-order chi connectivity index (χ0) is 11.5. The van der Waals surface area contributed by atoms with E-state index in [0.717, 1.165) is 18.1 Å². The molecule has 86 valence electrons. The third kappa shape index (κ3) is 1.96. The fourth-order valence-electron chi connectivity index (χ4n) is 1.67. The van der Waals surface area contributed by atoms with E-state index in [1.165, 1.54) is 6.33 Å². The molecule has 2 aromatic rings. The van der Waals surface area contributed by atoms with Crippen LogP contribution in [0.5, 0.6) is 0 Å². The van der Waals surface area contributed by atoms with Crippen molar-refractivity contribution in [2.24, 2.45) is 7.05 Å². The predicted octanol–water partition coefficient (Wildman–Crippen LogP) is 0.308. The Kier molecular flexibility index (Phi) is 3.00. The summed E-state index contributed by atoms with van der Waals surface area (Å²) in [7, 11) is 1.81. The molecule has 16 heavy (non-hydrogen) atoms. The van der Waals surface area contributed by atoms with E-state index < -0.39 is 6.10 Å². The first-order valence-corrected chi connectivity index (χ1v) is 5.25. The Bertz CT molecular complexity index is 461. The van der Waals surface area contributed by atoms with Crippen molar-refractivity contribution in [2.45, 2.75) is 26.0 Å². The molecular weight excluding hydrogens is 206 g/mol. The van der Waals surface area contributed by atoms with Crippen LogP contribution in [0.4, 0.5) is 0 Å². The van der Waals surface area contributed by atoms with E-state index >= 15 is 0 Å². The highest BCUT2D eigenvalue weighted by Gasteiger charge is 2.15. The van der Waals surface area contributed by atoms with Gasteiger partial charge in [-0.2, -0.15) is 10.2 Å². The topological polar surface area (TPSA) is 68.8 Å². The van der Waals surface area contributed by atoms with Gasteiger partial charge in [-0.3, -0.25) is 9.36 Å². The lowest BCUT2D eigenvalue weighted by Gasteiger charge is -2.11. The summed E-state index contributed by atoms with van der Waals surface area (Å²) in [6.45, 7) is 2.74. The molecule has 0 bridgehead atoms. The van der Waals surface area contributed by atoms with Crippen LogP contribution >= 0.6 is 0 Å². The first-order chi connectivity index (χ1) is 7.72. The maximum absolute atomic E-state index is 10.1. The second kappa shape index (κ2) is 4.44. The van der Waals surface area contributed by atoms with Gasteiger partial charge in [0.2, 0.25) is 0 Å². The number of aryl methyl sites for hydroxylation is 2. The van der Waals surface area contributed by atoms with Crippen molar-refractivity contribution in [3.05, 3.63) is 30.1 Å². The molecule has 1 N–H and O–H groups in total. The normalized spacial score (nSPS) is 12.9. The minimum Gasteiger partial charge on any atom is -0.386 e. The van der Waals surface area contributed by atoms with Crippen LogP contribution in [-0.2, 0) is 20.0 Å². The lowest BCUT2D eigenvalue weighted by atomic mass is 10.2. The van der Waals surface area contributed by atoms with E-state index in [1.807, 2.05) is 20.0 Å². The fourth-order valence-corrected chi connectivity index (χ4v) is 1.67. The Morgan fingerprint density at radius 3 is 2.88 bits per heavy atom. The molecule has 6 nitrogen and oxygen atoms in total. The maximum Gasteiger partial charge on any atom is 0.138 e. The molecule has 0 amide bonds. The van der Waals surface area contributed by atoms with Crippen LogP contribution in [0.25, 0.3) is 0 Å². The lowest BCUT2D eigenvalue weighted by molar-refractivity contribution is 0.163. The van der Waals surface area contributed by atoms with E-state index in [4.69, 9.17) is 0 Å². The smallest absolute Gasteiger partial charge is 0.138 e. The van der Waals surface area contributed by atoms with Crippen LogP contribution in [0.1, 0.15) is 24.5 Å². The van der Waals surface area contributed by atoms with Crippen molar-refractivity contribution in [2.75, 3.05) is 0 Å². The molecule has 0 saturated carbocycles. The first kappa shape index (κ1) is 10.8. The molecule has 1 atom stereocenters. The van der Waals surface area contributed by atoms with Gasteiger partial charge in [-0.25, -0.2) is 4.98 Å². The van der Waals surface area contributed by atoms with Crippen LogP contribution in [-0.4, -0.2) is 29.7 Å². The first-order valence-electron chi connectivity index (χ1n) is 5.25. The molecule has 2 rings (SSSR count). The molecule has 0 radical (unpaired) electrons. The van der Waals surface area contributed by atoms with Crippen molar-refractivity contribution in [1.29, 1.82) is 0 Å². The SMILES string of the molecule is CCn1nccc1C(O)Cc1ncnn1C. The van der Waals surface area contributed by atoms with E-state index in [0.29, 0.717) is 6.42 Å². The van der Waals surface area contributed by atoms with E-state index in [-0.39, 0.29) is 0 Å². The summed E-state index contributed by atoms with van der Waals surface area (Å²) in [6.07, 6.45) is 3.03. The molecule has 2 aromatic heterocycles. The molecule has 0 aliphatic heterocycles. The number of hydrogen-bond acceptors (Lipinski definition) is 4. The molecule has 0 aromatic carbocycles. The summed E-state index contributed by atoms with van der Waals surface area (Å²) in [5.41, 5.74) is 0.811. The average molecular weight is 221 g/mol. The Balaban J connectivity index is 2.14. The standard InChI is InChI=1S/C10H15N5O/c1-3-15-8(4-5-12-15)9(16)6-10-11-7-13-14(10)2/h4-5,7,9,16H,3,6H2,1-2H3. The fraction of sp³-hybridized carbons (Fsp3) is 0.500. The van der Waals surface area contributed by atoms with Gasteiger partial charge in [0, 0.05) is 26.2 Å². The molecule has 1 unspecified atom stereocenters. The molecule has 0 fully saturated rings. The molecule has 6 heteroatoms. The van der Waals surface area contributed by atoms with Crippen LogP contribution < -0.4 is 0 Å². The average Bonchev–Trinajstić information content (AvgIpc) is 2.87. The van der Waals surface area contributed by atoms with Gasteiger partial charge >= 0.3 is 0 Å². The van der Waals surface area contributed by atoms with Gasteiger partial charge in [-0.15, -0.1) is 0 Å². The van der Waals surface area contributed by atoms with Gasteiger partial charge in [0.05, 0.1) is 5.69 Å². The van der Waals surface area contributed by atoms with E-state index in [1.54, 1.807) is 15.6 Å². The largest absolute Gasteiger partial charge is 0.386 e. The summed E-state index contributed by atoms with van der Waals surface area (Å²) in [5.74, 6) is 0.761. The number of aromatic nitrogens is 5.